The van der Waals surface area contributed by atoms with Gasteiger partial charge in [0, 0.05) is 11.9 Å². The highest BCUT2D eigenvalue weighted by Crippen LogP contribution is 2.35. The van der Waals surface area contributed by atoms with Crippen LogP contribution in [0.25, 0.3) is 0 Å². The molecule has 0 aliphatic rings. The van der Waals surface area contributed by atoms with Crippen molar-refractivity contribution in [1.82, 2.24) is 0 Å². The van der Waals surface area contributed by atoms with E-state index >= 15 is 0 Å². The number of hydrogen-bond donors (Lipinski definition) is 1. The number of aliphatic carboxylic acids is 1. The second-order valence-electron chi connectivity index (χ2n) is 11.9. The van der Waals surface area contributed by atoms with E-state index in [1.165, 1.54) is 89.9 Å². The van der Waals surface area contributed by atoms with Gasteiger partial charge in [0.2, 0.25) is 0 Å². The van der Waals surface area contributed by atoms with Gasteiger partial charge in [-0.3, -0.25) is 0 Å². The number of aromatic hydroxyl groups is 1. The fourth-order valence-electron chi connectivity index (χ4n) is 5.07. The quantitative estimate of drug-likeness (QED) is 0.187. The van der Waals surface area contributed by atoms with Crippen LogP contribution in [0, 0.1) is 12.8 Å². The smallest absolute Gasteiger partial charge is 0.122 e. The minimum Gasteiger partial charge on any atom is -0.550 e. The maximum atomic E-state index is 11.8. The molecule has 1 rings (SSSR count). The molecule has 1 atom stereocenters. The zero-order chi connectivity index (χ0) is 26.1. The Morgan fingerprint density at radius 3 is 1.63 bits per heavy atom. The van der Waals surface area contributed by atoms with E-state index in [0.717, 1.165) is 29.5 Å². The Labute approximate surface area is 217 Å². The lowest BCUT2D eigenvalue weighted by Crippen LogP contribution is -2.32. The molecule has 0 saturated heterocycles. The summed E-state index contributed by atoms with van der Waals surface area (Å²) in [6, 6.07) is 3.90. The van der Waals surface area contributed by atoms with Crippen LogP contribution in [0.1, 0.15) is 154 Å². The standard InChI is InChI=1S/C32H56O3/c1-6-7-8-9-10-11-12-13-14-15-16-17-18-19-20-21-22-28(31(34)35)24-27-23-26(2)30(33)29(25-27)32(3,4)5/h23,25,28,33H,6-22,24H2,1-5H3,(H,34,35)/p-1. The Morgan fingerprint density at radius 2 is 1.23 bits per heavy atom. The third kappa shape index (κ3) is 14.0. The summed E-state index contributed by atoms with van der Waals surface area (Å²) in [4.78, 5) is 11.8. The average molecular weight is 488 g/mol. The molecule has 0 aliphatic carbocycles. The van der Waals surface area contributed by atoms with Crippen molar-refractivity contribution in [2.24, 2.45) is 5.92 Å². The summed E-state index contributed by atoms with van der Waals surface area (Å²) in [6.07, 6.45) is 22.3. The van der Waals surface area contributed by atoms with E-state index in [4.69, 9.17) is 0 Å². The first kappa shape index (κ1) is 31.5. The normalized spacial score (nSPS) is 12.7. The molecule has 1 unspecified atom stereocenters. The van der Waals surface area contributed by atoms with Crippen molar-refractivity contribution >= 4 is 5.97 Å². The van der Waals surface area contributed by atoms with E-state index in [-0.39, 0.29) is 5.41 Å². The second-order valence-corrected chi connectivity index (χ2v) is 11.9. The molecule has 1 aromatic rings. The van der Waals surface area contributed by atoms with Gasteiger partial charge in [-0.25, -0.2) is 0 Å². The molecule has 0 spiro atoms. The highest BCUT2D eigenvalue weighted by atomic mass is 16.4. The number of phenols is 1. The molecule has 0 saturated carbocycles. The predicted octanol–water partition coefficient (Wildman–Crippen LogP) is 8.56. The van der Waals surface area contributed by atoms with Gasteiger partial charge in [0.15, 0.2) is 0 Å². The maximum absolute atomic E-state index is 11.8. The largest absolute Gasteiger partial charge is 0.550 e. The van der Waals surface area contributed by atoms with Crippen molar-refractivity contribution in [2.75, 3.05) is 0 Å². The monoisotopic (exact) mass is 487 g/mol. The predicted molar refractivity (Wildman–Crippen MR) is 148 cm³/mol. The summed E-state index contributed by atoms with van der Waals surface area (Å²) in [6.45, 7) is 10.4. The summed E-state index contributed by atoms with van der Waals surface area (Å²) in [7, 11) is 0. The Bertz CT molecular complexity index is 701. The topological polar surface area (TPSA) is 60.4 Å². The molecule has 0 heterocycles. The Balaban J connectivity index is 2.18. The Kier molecular flexibility index (Phi) is 16.1. The zero-order valence-electron chi connectivity index (χ0n) is 23.7. The SMILES string of the molecule is CCCCCCCCCCCCCCCCCCC(Cc1cc(C)c(O)c(C(C)(C)C)c1)C(=O)[O-]. The Hall–Kier alpha value is -1.51. The number of aryl methyl sites for hydroxylation is 1. The Morgan fingerprint density at radius 1 is 0.800 bits per heavy atom. The van der Waals surface area contributed by atoms with Gasteiger partial charge in [0.1, 0.15) is 5.75 Å². The van der Waals surface area contributed by atoms with Crippen LogP contribution in [0.4, 0.5) is 0 Å². The zero-order valence-corrected chi connectivity index (χ0v) is 23.7. The summed E-state index contributed by atoms with van der Waals surface area (Å²) in [5.41, 5.74) is 2.49. The molecule has 1 N–H and O–H groups in total. The number of unbranched alkanes of at least 4 members (excludes halogenated alkanes) is 15. The average Bonchev–Trinajstić information content (AvgIpc) is 2.79. The van der Waals surface area contributed by atoms with Gasteiger partial charge in [-0.05, 0) is 41.9 Å². The molecule has 0 fully saturated rings. The van der Waals surface area contributed by atoms with E-state index in [9.17, 15) is 15.0 Å². The molecule has 0 amide bonds. The van der Waals surface area contributed by atoms with Gasteiger partial charge in [-0.2, -0.15) is 0 Å². The van der Waals surface area contributed by atoms with Crippen LogP contribution in [0.3, 0.4) is 0 Å². The number of carbonyl (C=O) groups excluding carboxylic acids is 1. The lowest BCUT2D eigenvalue weighted by molar-refractivity contribution is -0.311. The summed E-state index contributed by atoms with van der Waals surface area (Å²) < 4.78 is 0. The summed E-state index contributed by atoms with van der Waals surface area (Å²) in [5.74, 6) is -1.09. The number of carboxylic acid groups (broad SMARTS) is 1. The van der Waals surface area contributed by atoms with Crippen molar-refractivity contribution in [2.45, 2.75) is 156 Å². The van der Waals surface area contributed by atoms with Gasteiger partial charge in [0.25, 0.3) is 0 Å². The molecular weight excluding hydrogens is 432 g/mol. The van der Waals surface area contributed by atoms with Crippen molar-refractivity contribution < 1.29 is 15.0 Å². The van der Waals surface area contributed by atoms with Crippen LogP contribution in [0.5, 0.6) is 5.75 Å². The van der Waals surface area contributed by atoms with Crippen molar-refractivity contribution in [3.05, 3.63) is 28.8 Å². The first-order valence-electron chi connectivity index (χ1n) is 14.7. The van der Waals surface area contributed by atoms with E-state index < -0.39 is 11.9 Å². The van der Waals surface area contributed by atoms with Crippen LogP contribution in [0.15, 0.2) is 12.1 Å². The molecule has 1 aromatic carbocycles. The summed E-state index contributed by atoms with van der Waals surface area (Å²) >= 11 is 0. The molecular formula is C32H55O3-. The number of benzene rings is 1. The van der Waals surface area contributed by atoms with Gasteiger partial charge in [-0.15, -0.1) is 0 Å². The third-order valence-corrected chi connectivity index (χ3v) is 7.39. The number of phenolic OH excluding ortho intramolecular Hbond substituents is 1. The first-order valence-corrected chi connectivity index (χ1v) is 14.7. The highest BCUT2D eigenvalue weighted by Gasteiger charge is 2.21. The molecule has 0 aliphatic heterocycles. The first-order chi connectivity index (χ1) is 16.7. The molecule has 35 heavy (non-hydrogen) atoms. The summed E-state index contributed by atoms with van der Waals surface area (Å²) in [5, 5.41) is 22.2. The number of rotatable bonds is 20. The van der Waals surface area contributed by atoms with E-state index in [1.807, 2.05) is 19.1 Å². The van der Waals surface area contributed by atoms with Crippen molar-refractivity contribution in [3.63, 3.8) is 0 Å². The lowest BCUT2D eigenvalue weighted by Gasteiger charge is -2.24. The van der Waals surface area contributed by atoms with Crippen molar-refractivity contribution in [1.29, 1.82) is 0 Å². The fraction of sp³-hybridized carbons (Fsp3) is 0.781. The molecule has 0 radical (unpaired) electrons. The van der Waals surface area contributed by atoms with Gasteiger partial charge in [-0.1, -0.05) is 143 Å². The van der Waals surface area contributed by atoms with E-state index in [2.05, 4.69) is 27.7 Å². The van der Waals surface area contributed by atoms with Gasteiger partial charge in [0.05, 0.1) is 0 Å². The van der Waals surface area contributed by atoms with Crippen LogP contribution in [-0.2, 0) is 16.6 Å². The molecule has 0 bridgehead atoms. The molecule has 0 aromatic heterocycles. The third-order valence-electron chi connectivity index (χ3n) is 7.39. The number of carbonyl (C=O) groups is 1. The molecule has 3 nitrogen and oxygen atoms in total. The molecule has 202 valence electrons. The number of carboxylic acids is 1. The highest BCUT2D eigenvalue weighted by molar-refractivity contribution is 5.68. The van der Waals surface area contributed by atoms with Crippen LogP contribution in [-0.4, -0.2) is 11.1 Å². The lowest BCUT2D eigenvalue weighted by atomic mass is 9.82. The second kappa shape index (κ2) is 17.8. The fourth-order valence-corrected chi connectivity index (χ4v) is 5.07. The van der Waals surface area contributed by atoms with Crippen LogP contribution < -0.4 is 5.11 Å². The van der Waals surface area contributed by atoms with Crippen molar-refractivity contribution in [3.8, 4) is 5.75 Å². The van der Waals surface area contributed by atoms with E-state index in [0.29, 0.717) is 18.6 Å². The van der Waals surface area contributed by atoms with Gasteiger partial charge < -0.3 is 15.0 Å². The molecule has 3 heteroatoms. The number of hydrogen-bond acceptors (Lipinski definition) is 3. The maximum Gasteiger partial charge on any atom is 0.122 e. The van der Waals surface area contributed by atoms with Crippen LogP contribution >= 0.6 is 0 Å². The van der Waals surface area contributed by atoms with E-state index in [1.54, 1.807) is 0 Å². The minimum atomic E-state index is -0.950. The van der Waals surface area contributed by atoms with Gasteiger partial charge >= 0.3 is 0 Å². The van der Waals surface area contributed by atoms with Crippen LogP contribution in [0.2, 0.25) is 0 Å². The minimum absolute atomic E-state index is 0.185.